The van der Waals surface area contributed by atoms with Crippen LogP contribution in [0.15, 0.2) is 24.3 Å². The van der Waals surface area contributed by atoms with Crippen LogP contribution in [0.25, 0.3) is 0 Å². The monoisotopic (exact) mass is 208 g/mol. The van der Waals surface area contributed by atoms with E-state index in [-0.39, 0.29) is 0 Å². The molecule has 0 bridgehead atoms. The Hall–Kier alpha value is -0.430. The molecule has 0 spiro atoms. The summed E-state index contributed by atoms with van der Waals surface area (Å²) in [6.45, 7) is 6.78. The van der Waals surface area contributed by atoms with E-state index in [1.54, 1.807) is 0 Å². The fourth-order valence-corrected chi connectivity index (χ4v) is 1.85. The summed E-state index contributed by atoms with van der Waals surface area (Å²) >= 11 is 1.93. The zero-order chi connectivity index (χ0) is 10.6. The molecule has 0 saturated carbocycles. The first kappa shape index (κ1) is 11.6. The van der Waals surface area contributed by atoms with Gasteiger partial charge in [-0.2, -0.15) is 11.8 Å². The van der Waals surface area contributed by atoms with Crippen LogP contribution in [0.2, 0.25) is 0 Å². The molecule has 0 aromatic heterocycles. The average molecular weight is 208 g/mol. The molecule has 0 radical (unpaired) electrons. The predicted octanol–water partition coefficient (Wildman–Crippen LogP) is 4.10. The quantitative estimate of drug-likeness (QED) is 0.717. The molecule has 0 saturated heterocycles. The highest BCUT2D eigenvalue weighted by atomic mass is 32.2. The Balaban J connectivity index is 2.73. The number of thioether (sulfide) groups is 1. The lowest BCUT2D eigenvalue weighted by Crippen LogP contribution is -2.01. The molecule has 1 rings (SSSR count). The molecular weight excluding hydrogens is 188 g/mol. The van der Waals surface area contributed by atoms with Crippen LogP contribution in [0.5, 0.6) is 0 Å². The number of hydrogen-bond acceptors (Lipinski definition) is 1. The number of rotatable bonds is 4. The third-order valence-electron chi connectivity index (χ3n) is 2.54. The molecule has 0 nitrogen and oxygen atoms in total. The van der Waals surface area contributed by atoms with Crippen molar-refractivity contribution in [2.24, 2.45) is 0 Å². The van der Waals surface area contributed by atoms with Crippen molar-refractivity contribution in [3.63, 3.8) is 0 Å². The fourth-order valence-electron chi connectivity index (χ4n) is 1.49. The van der Waals surface area contributed by atoms with Gasteiger partial charge < -0.3 is 0 Å². The van der Waals surface area contributed by atoms with Gasteiger partial charge in [0.1, 0.15) is 0 Å². The summed E-state index contributed by atoms with van der Waals surface area (Å²) in [7, 11) is 0. The number of hydrogen-bond donors (Lipinski definition) is 0. The summed E-state index contributed by atoms with van der Waals surface area (Å²) in [5, 5.41) is 0.720. The molecule has 1 heteroatoms. The van der Waals surface area contributed by atoms with E-state index in [1.165, 1.54) is 17.5 Å². The van der Waals surface area contributed by atoms with Crippen LogP contribution in [0.4, 0.5) is 0 Å². The summed E-state index contributed by atoms with van der Waals surface area (Å²) in [6.07, 6.45) is 3.36. The minimum atomic E-state index is 0.638. The zero-order valence-electron chi connectivity index (χ0n) is 9.58. The van der Waals surface area contributed by atoms with Crippen molar-refractivity contribution in [1.29, 1.82) is 0 Å². The van der Waals surface area contributed by atoms with Crippen molar-refractivity contribution in [3.8, 4) is 0 Å². The predicted molar refractivity (Wildman–Crippen MR) is 67.2 cm³/mol. The van der Waals surface area contributed by atoms with Crippen LogP contribution in [0.1, 0.15) is 37.8 Å². The first-order chi connectivity index (χ1) is 6.63. The molecule has 1 aromatic carbocycles. The summed E-state index contributed by atoms with van der Waals surface area (Å²) in [5.41, 5.74) is 2.92. The van der Waals surface area contributed by atoms with E-state index in [0.717, 1.165) is 5.25 Å². The second-order valence-corrected chi connectivity index (χ2v) is 5.43. The molecule has 0 heterocycles. The second kappa shape index (κ2) is 5.45. The highest BCUT2D eigenvalue weighted by Crippen LogP contribution is 2.18. The van der Waals surface area contributed by atoms with Crippen LogP contribution in [-0.2, 0) is 6.42 Å². The van der Waals surface area contributed by atoms with Gasteiger partial charge in [-0.15, -0.1) is 0 Å². The van der Waals surface area contributed by atoms with Gasteiger partial charge in [0.15, 0.2) is 0 Å². The van der Waals surface area contributed by atoms with Gasteiger partial charge >= 0.3 is 0 Å². The summed E-state index contributed by atoms with van der Waals surface area (Å²) in [5.74, 6) is 0.638. The summed E-state index contributed by atoms with van der Waals surface area (Å²) in [4.78, 5) is 0. The number of benzene rings is 1. The molecule has 0 amide bonds. The Bertz CT molecular complexity index is 278. The fraction of sp³-hybridized carbons (Fsp3) is 0.538. The SMILES string of the molecule is CSC(C)Cc1cccc(C(C)C)c1. The molecule has 0 aliphatic rings. The van der Waals surface area contributed by atoms with Gasteiger partial charge in [-0.25, -0.2) is 0 Å². The van der Waals surface area contributed by atoms with E-state index < -0.39 is 0 Å². The Morgan fingerprint density at radius 1 is 1.21 bits per heavy atom. The average Bonchev–Trinajstić information content (AvgIpc) is 2.18. The third-order valence-corrected chi connectivity index (χ3v) is 3.51. The first-order valence-corrected chi connectivity index (χ1v) is 6.54. The smallest absolute Gasteiger partial charge is 0.00563 e. The summed E-state index contributed by atoms with van der Waals surface area (Å²) in [6, 6.07) is 8.98. The van der Waals surface area contributed by atoms with Crippen molar-refractivity contribution in [2.75, 3.05) is 6.26 Å². The van der Waals surface area contributed by atoms with Crippen molar-refractivity contribution >= 4 is 11.8 Å². The lowest BCUT2D eigenvalue weighted by molar-refractivity contribution is 0.857. The third kappa shape index (κ3) is 3.38. The minimum Gasteiger partial charge on any atom is -0.162 e. The van der Waals surface area contributed by atoms with Crippen molar-refractivity contribution in [3.05, 3.63) is 35.4 Å². The van der Waals surface area contributed by atoms with E-state index in [1.807, 2.05) is 11.8 Å². The van der Waals surface area contributed by atoms with E-state index in [0.29, 0.717) is 5.92 Å². The van der Waals surface area contributed by atoms with Gasteiger partial charge in [-0.05, 0) is 29.7 Å². The lowest BCUT2D eigenvalue weighted by Gasteiger charge is -2.11. The largest absolute Gasteiger partial charge is 0.162 e. The summed E-state index contributed by atoms with van der Waals surface area (Å²) < 4.78 is 0. The normalized spacial score (nSPS) is 13.2. The van der Waals surface area contributed by atoms with Crippen LogP contribution in [0.3, 0.4) is 0 Å². The molecule has 0 aliphatic carbocycles. The van der Waals surface area contributed by atoms with E-state index >= 15 is 0 Å². The van der Waals surface area contributed by atoms with E-state index in [2.05, 4.69) is 51.3 Å². The highest BCUT2D eigenvalue weighted by Gasteiger charge is 2.03. The van der Waals surface area contributed by atoms with Gasteiger partial charge in [0.05, 0.1) is 0 Å². The van der Waals surface area contributed by atoms with E-state index in [9.17, 15) is 0 Å². The molecule has 1 atom stereocenters. The topological polar surface area (TPSA) is 0 Å². The van der Waals surface area contributed by atoms with Crippen molar-refractivity contribution in [1.82, 2.24) is 0 Å². The molecule has 0 aliphatic heterocycles. The Morgan fingerprint density at radius 3 is 2.50 bits per heavy atom. The Kier molecular flexibility index (Phi) is 4.53. The van der Waals surface area contributed by atoms with Crippen LogP contribution in [-0.4, -0.2) is 11.5 Å². The van der Waals surface area contributed by atoms with Gasteiger partial charge in [0.25, 0.3) is 0 Å². The maximum absolute atomic E-state index is 2.34. The highest BCUT2D eigenvalue weighted by molar-refractivity contribution is 7.99. The van der Waals surface area contributed by atoms with Crippen molar-refractivity contribution in [2.45, 2.75) is 38.4 Å². The van der Waals surface area contributed by atoms with Gasteiger partial charge in [0, 0.05) is 5.25 Å². The maximum atomic E-state index is 2.34. The maximum Gasteiger partial charge on any atom is 0.00563 e. The Labute approximate surface area is 92.1 Å². The standard InChI is InChI=1S/C13H20S/c1-10(2)13-7-5-6-12(9-13)8-11(3)14-4/h5-7,9-11H,8H2,1-4H3. The van der Waals surface area contributed by atoms with Crippen LogP contribution < -0.4 is 0 Å². The van der Waals surface area contributed by atoms with Crippen molar-refractivity contribution < 1.29 is 0 Å². The van der Waals surface area contributed by atoms with Gasteiger partial charge in [-0.1, -0.05) is 45.0 Å². The lowest BCUT2D eigenvalue weighted by atomic mass is 9.99. The molecule has 1 unspecified atom stereocenters. The van der Waals surface area contributed by atoms with E-state index in [4.69, 9.17) is 0 Å². The molecular formula is C13H20S. The molecule has 0 fully saturated rings. The van der Waals surface area contributed by atoms with Gasteiger partial charge in [-0.3, -0.25) is 0 Å². The van der Waals surface area contributed by atoms with Crippen LogP contribution >= 0.6 is 11.8 Å². The first-order valence-electron chi connectivity index (χ1n) is 5.25. The molecule has 78 valence electrons. The molecule has 1 aromatic rings. The molecule has 0 N–H and O–H groups in total. The zero-order valence-corrected chi connectivity index (χ0v) is 10.4. The van der Waals surface area contributed by atoms with Gasteiger partial charge in [0.2, 0.25) is 0 Å². The molecule has 14 heavy (non-hydrogen) atoms. The second-order valence-electron chi connectivity index (χ2n) is 4.15. The van der Waals surface area contributed by atoms with Crippen LogP contribution in [0, 0.1) is 0 Å². The Morgan fingerprint density at radius 2 is 1.93 bits per heavy atom. The minimum absolute atomic E-state index is 0.638.